The van der Waals surface area contributed by atoms with E-state index < -0.39 is 15.4 Å². The summed E-state index contributed by atoms with van der Waals surface area (Å²) in [4.78, 5) is 0. The fourth-order valence-corrected chi connectivity index (χ4v) is 2.45. The fourth-order valence-electron chi connectivity index (χ4n) is 1.26. The zero-order chi connectivity index (χ0) is 14.5. The van der Waals surface area contributed by atoms with Crippen LogP contribution in [-0.2, 0) is 16.6 Å². The maximum Gasteiger partial charge on any atom is 0.273 e. The summed E-state index contributed by atoms with van der Waals surface area (Å²) in [5.41, 5.74) is -0.508. The van der Waals surface area contributed by atoms with Crippen LogP contribution in [0.25, 0.3) is 0 Å². The van der Waals surface area contributed by atoms with Crippen molar-refractivity contribution in [2.45, 2.75) is 32.4 Å². The van der Waals surface area contributed by atoms with Gasteiger partial charge in [0.15, 0.2) is 0 Å². The van der Waals surface area contributed by atoms with Gasteiger partial charge in [-0.1, -0.05) is 20.8 Å². The molecule has 0 aliphatic heterocycles. The van der Waals surface area contributed by atoms with Crippen molar-refractivity contribution < 1.29 is 17.9 Å². The second kappa shape index (κ2) is 6.51. The predicted molar refractivity (Wildman–Crippen MR) is 72.1 cm³/mol. The maximum atomic E-state index is 12.0. The fraction of sp³-hybridized carbons (Fsp3) is 0.667. The molecule has 1 heterocycles. The van der Waals surface area contributed by atoms with E-state index in [0.29, 0.717) is 12.3 Å². The first kappa shape index (κ1) is 16.2. The maximum absolute atomic E-state index is 12.0. The van der Waals surface area contributed by atoms with Gasteiger partial charge in [-0.15, -0.1) is 0 Å². The summed E-state index contributed by atoms with van der Waals surface area (Å²) in [6, 6.07) is 3.06. The van der Waals surface area contributed by atoms with E-state index in [0.717, 1.165) is 6.54 Å². The van der Waals surface area contributed by atoms with Crippen molar-refractivity contribution in [3.05, 3.63) is 17.9 Å². The lowest BCUT2D eigenvalue weighted by molar-refractivity contribution is 0.163. The highest BCUT2D eigenvalue weighted by Gasteiger charge is 2.23. The summed E-state index contributed by atoms with van der Waals surface area (Å²) in [5, 5.41) is 12.0. The molecule has 0 spiro atoms. The molecule has 0 radical (unpaired) electrons. The molecule has 0 bridgehead atoms. The molecule has 6 nitrogen and oxygen atoms in total. The average Bonchev–Trinajstić information content (AvgIpc) is 2.84. The van der Waals surface area contributed by atoms with Gasteiger partial charge in [-0.05, 0) is 18.7 Å². The van der Waals surface area contributed by atoms with Crippen LogP contribution in [0.2, 0.25) is 0 Å². The first-order valence-corrected chi connectivity index (χ1v) is 7.69. The Bertz CT molecular complexity index is 494. The smallest absolute Gasteiger partial charge is 0.273 e. The van der Waals surface area contributed by atoms with E-state index in [9.17, 15) is 8.42 Å². The van der Waals surface area contributed by atoms with Crippen molar-refractivity contribution in [1.29, 1.82) is 0 Å². The zero-order valence-electron chi connectivity index (χ0n) is 11.6. The molecule has 19 heavy (non-hydrogen) atoms. The summed E-state index contributed by atoms with van der Waals surface area (Å²) >= 11 is 0. The third-order valence-corrected chi connectivity index (χ3v) is 3.89. The summed E-state index contributed by atoms with van der Waals surface area (Å²) in [5.74, 6) is 0.573. The summed E-state index contributed by atoms with van der Waals surface area (Å²) in [6.45, 7) is 6.83. The van der Waals surface area contributed by atoms with Crippen molar-refractivity contribution in [1.82, 2.24) is 10.0 Å². The van der Waals surface area contributed by atoms with Gasteiger partial charge in [0.25, 0.3) is 10.0 Å². The molecular weight excluding hydrogens is 268 g/mol. The van der Waals surface area contributed by atoms with Gasteiger partial charge in [0, 0.05) is 18.6 Å². The molecule has 0 aromatic carbocycles. The standard InChI is InChI=1S/C12H22N2O4S/c1-4-13-7-10-5-6-11(18-10)19(16,17)14-8-12(2,3)9-15/h5-6,13-15H,4,7-9H2,1-3H3. The van der Waals surface area contributed by atoms with Gasteiger partial charge in [0.05, 0.1) is 6.54 Å². The molecule has 0 saturated heterocycles. The number of rotatable bonds is 8. The lowest BCUT2D eigenvalue weighted by Crippen LogP contribution is -2.35. The third kappa shape index (κ3) is 4.94. The Kier molecular flexibility index (Phi) is 5.54. The summed E-state index contributed by atoms with van der Waals surface area (Å²) in [6.07, 6.45) is 0. The van der Waals surface area contributed by atoms with Gasteiger partial charge in [-0.2, -0.15) is 0 Å². The van der Waals surface area contributed by atoms with Gasteiger partial charge in [0.2, 0.25) is 5.09 Å². The van der Waals surface area contributed by atoms with Crippen molar-refractivity contribution in [2.75, 3.05) is 19.7 Å². The number of furan rings is 1. The molecule has 1 aromatic heterocycles. The van der Waals surface area contributed by atoms with Crippen LogP contribution < -0.4 is 10.0 Å². The van der Waals surface area contributed by atoms with E-state index in [4.69, 9.17) is 9.52 Å². The normalized spacial score (nSPS) is 12.8. The van der Waals surface area contributed by atoms with Crippen LogP contribution in [0.5, 0.6) is 0 Å². The monoisotopic (exact) mass is 290 g/mol. The lowest BCUT2D eigenvalue weighted by Gasteiger charge is -2.21. The van der Waals surface area contributed by atoms with Gasteiger partial charge < -0.3 is 14.8 Å². The molecule has 1 aromatic rings. The number of aliphatic hydroxyl groups is 1. The van der Waals surface area contributed by atoms with Gasteiger partial charge in [0.1, 0.15) is 5.76 Å². The van der Waals surface area contributed by atoms with E-state index in [2.05, 4.69) is 10.0 Å². The average molecular weight is 290 g/mol. The molecule has 0 atom stereocenters. The third-order valence-electron chi connectivity index (χ3n) is 2.62. The van der Waals surface area contributed by atoms with Crippen LogP contribution in [0, 0.1) is 5.41 Å². The molecule has 0 saturated carbocycles. The topological polar surface area (TPSA) is 91.6 Å². The predicted octanol–water partition coefficient (Wildman–Crippen LogP) is 0.686. The number of hydrogen-bond acceptors (Lipinski definition) is 5. The number of sulfonamides is 1. The number of hydrogen-bond donors (Lipinski definition) is 3. The highest BCUT2D eigenvalue weighted by Crippen LogP contribution is 2.16. The van der Waals surface area contributed by atoms with E-state index in [1.165, 1.54) is 6.07 Å². The van der Waals surface area contributed by atoms with Crippen molar-refractivity contribution in [3.63, 3.8) is 0 Å². The van der Waals surface area contributed by atoms with E-state index >= 15 is 0 Å². The second-order valence-electron chi connectivity index (χ2n) is 5.15. The highest BCUT2D eigenvalue weighted by molar-refractivity contribution is 7.89. The zero-order valence-corrected chi connectivity index (χ0v) is 12.4. The molecule has 0 aliphatic rings. The first-order valence-electron chi connectivity index (χ1n) is 6.21. The lowest BCUT2D eigenvalue weighted by atomic mass is 9.96. The Morgan fingerprint density at radius 1 is 1.37 bits per heavy atom. The van der Waals surface area contributed by atoms with Crippen LogP contribution in [-0.4, -0.2) is 33.2 Å². The molecule has 7 heteroatoms. The van der Waals surface area contributed by atoms with Gasteiger partial charge in [-0.25, -0.2) is 13.1 Å². The Balaban J connectivity index is 2.69. The van der Waals surface area contributed by atoms with Crippen LogP contribution >= 0.6 is 0 Å². The van der Waals surface area contributed by atoms with Crippen LogP contribution in [0.1, 0.15) is 26.5 Å². The van der Waals surface area contributed by atoms with Crippen LogP contribution in [0.3, 0.4) is 0 Å². The molecular formula is C12H22N2O4S. The largest absolute Gasteiger partial charge is 0.447 e. The minimum absolute atomic E-state index is 0.0979. The van der Waals surface area contributed by atoms with E-state index in [1.807, 2.05) is 6.92 Å². The highest BCUT2D eigenvalue weighted by atomic mass is 32.2. The molecule has 0 aliphatic carbocycles. The molecule has 0 unspecified atom stereocenters. The minimum Gasteiger partial charge on any atom is -0.447 e. The Morgan fingerprint density at radius 3 is 2.63 bits per heavy atom. The number of nitrogens with one attached hydrogen (secondary N) is 2. The second-order valence-corrected chi connectivity index (χ2v) is 6.85. The molecule has 0 amide bonds. The molecule has 110 valence electrons. The van der Waals surface area contributed by atoms with Gasteiger partial charge >= 0.3 is 0 Å². The first-order chi connectivity index (χ1) is 8.80. The molecule has 1 rings (SSSR count). The summed E-state index contributed by atoms with van der Waals surface area (Å²) < 4.78 is 31.7. The van der Waals surface area contributed by atoms with Gasteiger partial charge in [-0.3, -0.25) is 0 Å². The van der Waals surface area contributed by atoms with Crippen LogP contribution in [0.15, 0.2) is 21.6 Å². The Labute approximate surface area is 114 Å². The Hall–Kier alpha value is -0.890. The SMILES string of the molecule is CCNCc1ccc(S(=O)(=O)NCC(C)(C)CO)o1. The van der Waals surface area contributed by atoms with Crippen LogP contribution in [0.4, 0.5) is 0 Å². The summed E-state index contributed by atoms with van der Waals surface area (Å²) in [7, 11) is -3.66. The van der Waals surface area contributed by atoms with E-state index in [1.54, 1.807) is 19.9 Å². The molecule has 3 N–H and O–H groups in total. The molecule has 0 fully saturated rings. The number of aliphatic hydroxyl groups excluding tert-OH is 1. The quantitative estimate of drug-likeness (QED) is 0.655. The Morgan fingerprint density at radius 2 is 2.05 bits per heavy atom. The van der Waals surface area contributed by atoms with E-state index in [-0.39, 0.29) is 18.2 Å². The van der Waals surface area contributed by atoms with Crippen molar-refractivity contribution >= 4 is 10.0 Å². The minimum atomic E-state index is -3.66. The van der Waals surface area contributed by atoms with Crippen molar-refractivity contribution in [3.8, 4) is 0 Å². The van der Waals surface area contributed by atoms with Crippen molar-refractivity contribution in [2.24, 2.45) is 5.41 Å².